The molecule has 0 fully saturated rings. The molecule has 12 heavy (non-hydrogen) atoms. The van der Waals surface area contributed by atoms with Crippen LogP contribution in [0.1, 0.15) is 19.5 Å². The van der Waals surface area contributed by atoms with Gasteiger partial charge in [-0.15, -0.1) is 11.3 Å². The molecule has 0 aromatic carbocycles. The number of anilines is 1. The van der Waals surface area contributed by atoms with Gasteiger partial charge in [-0.3, -0.25) is 4.79 Å². The van der Waals surface area contributed by atoms with Crippen molar-refractivity contribution in [1.29, 1.82) is 0 Å². The molecule has 1 N–H and O–H groups in total. The second-order valence-electron chi connectivity index (χ2n) is 2.28. The quantitative estimate of drug-likeness (QED) is 0.585. The summed E-state index contributed by atoms with van der Waals surface area (Å²) in [6, 6.07) is 0. The highest BCUT2D eigenvalue weighted by molar-refractivity contribution is 7.80. The van der Waals surface area contributed by atoms with Crippen molar-refractivity contribution >= 4 is 39.5 Å². The van der Waals surface area contributed by atoms with Gasteiger partial charge in [0.25, 0.3) is 0 Å². The smallest absolute Gasteiger partial charge is 0.223 e. The topological polar surface area (TPSA) is 42.0 Å². The molecule has 1 heterocycles. The number of thiazole rings is 1. The molecule has 64 valence electrons. The van der Waals surface area contributed by atoms with E-state index in [-0.39, 0.29) is 5.91 Å². The summed E-state index contributed by atoms with van der Waals surface area (Å²) >= 11 is 6.30. The van der Waals surface area contributed by atoms with E-state index >= 15 is 0 Å². The van der Waals surface area contributed by atoms with Crippen molar-refractivity contribution in [3.63, 3.8) is 0 Å². The van der Waals surface area contributed by atoms with Gasteiger partial charge in [0, 0.05) is 17.2 Å². The number of carbonyl (C=O) groups excluding carboxylic acids is 1. The van der Waals surface area contributed by atoms with E-state index in [2.05, 4.69) is 10.3 Å². The lowest BCUT2D eigenvalue weighted by atomic mass is 10.4. The zero-order valence-corrected chi connectivity index (χ0v) is 8.38. The molecule has 0 bridgehead atoms. The van der Waals surface area contributed by atoms with E-state index in [1.807, 2.05) is 12.3 Å². The summed E-state index contributed by atoms with van der Waals surface area (Å²) in [4.78, 5) is 15.4. The molecule has 0 saturated heterocycles. The van der Waals surface area contributed by atoms with E-state index < -0.39 is 0 Å². The summed E-state index contributed by atoms with van der Waals surface area (Å²) in [5, 5.41) is 5.01. The Hall–Kier alpha value is -0.810. The van der Waals surface area contributed by atoms with E-state index in [0.717, 1.165) is 10.6 Å². The summed E-state index contributed by atoms with van der Waals surface area (Å²) in [5.74, 6) is -0.113. The first kappa shape index (κ1) is 9.28. The molecule has 0 radical (unpaired) electrons. The van der Waals surface area contributed by atoms with Gasteiger partial charge >= 0.3 is 0 Å². The molecule has 1 aromatic heterocycles. The number of amides is 1. The average Bonchev–Trinajstić information content (AvgIpc) is 2.34. The third-order valence-corrected chi connectivity index (χ3v) is 2.11. The summed E-state index contributed by atoms with van der Waals surface area (Å²) in [6.45, 7) is 3.26. The number of hydrogen-bond donors (Lipinski definition) is 1. The molecule has 0 atom stereocenters. The zero-order valence-electron chi connectivity index (χ0n) is 6.75. The van der Waals surface area contributed by atoms with Gasteiger partial charge in [-0.05, 0) is 6.92 Å². The monoisotopic (exact) mass is 200 g/mol. The molecule has 0 aliphatic carbocycles. The van der Waals surface area contributed by atoms with Crippen LogP contribution in [0.4, 0.5) is 5.13 Å². The predicted molar refractivity (Wildman–Crippen MR) is 53.8 cm³/mol. The maximum absolute atomic E-state index is 10.6. The van der Waals surface area contributed by atoms with Crippen LogP contribution in [0.25, 0.3) is 0 Å². The Labute approximate surface area is 79.8 Å². The molecule has 1 rings (SSSR count). The van der Waals surface area contributed by atoms with Gasteiger partial charge in [0.1, 0.15) is 0 Å². The highest BCUT2D eigenvalue weighted by Gasteiger charge is 2.03. The fourth-order valence-electron chi connectivity index (χ4n) is 0.643. The first-order chi connectivity index (χ1) is 5.59. The van der Waals surface area contributed by atoms with E-state index in [9.17, 15) is 4.79 Å². The molecule has 5 heteroatoms. The van der Waals surface area contributed by atoms with Crippen LogP contribution in [0.2, 0.25) is 0 Å². The van der Waals surface area contributed by atoms with E-state index in [4.69, 9.17) is 12.2 Å². The second-order valence-corrected chi connectivity index (χ2v) is 3.75. The number of nitrogens with zero attached hydrogens (tertiary/aromatic N) is 1. The van der Waals surface area contributed by atoms with Crippen LogP contribution in [0, 0.1) is 0 Å². The van der Waals surface area contributed by atoms with Crippen LogP contribution in [0.15, 0.2) is 5.38 Å². The molecule has 3 nitrogen and oxygen atoms in total. The summed E-state index contributed by atoms with van der Waals surface area (Å²) in [7, 11) is 0. The standard InChI is InChI=1S/C7H8N2OS2/c1-4(11)6-3-12-7(9-6)8-5(2)10/h3H,1-2H3,(H,8,9,10). The average molecular weight is 200 g/mol. The van der Waals surface area contributed by atoms with Crippen LogP contribution in [-0.4, -0.2) is 15.8 Å². The third-order valence-electron chi connectivity index (χ3n) is 1.15. The van der Waals surface area contributed by atoms with E-state index in [1.165, 1.54) is 18.3 Å². The van der Waals surface area contributed by atoms with Crippen molar-refractivity contribution in [1.82, 2.24) is 4.98 Å². The normalized spacial score (nSPS) is 9.50. The van der Waals surface area contributed by atoms with Crippen molar-refractivity contribution in [3.05, 3.63) is 11.1 Å². The Kier molecular flexibility index (Phi) is 2.88. The SMILES string of the molecule is CC(=O)Nc1nc(C(C)=S)cs1. The summed E-state index contributed by atoms with van der Waals surface area (Å²) < 4.78 is 0. The maximum atomic E-state index is 10.6. The lowest BCUT2D eigenvalue weighted by Gasteiger charge is -1.92. The number of carbonyl (C=O) groups is 1. The van der Waals surface area contributed by atoms with Crippen LogP contribution < -0.4 is 5.32 Å². The van der Waals surface area contributed by atoms with Gasteiger partial charge in [0.05, 0.1) is 5.69 Å². The van der Waals surface area contributed by atoms with Crippen molar-refractivity contribution in [3.8, 4) is 0 Å². The Morgan fingerprint density at radius 2 is 2.33 bits per heavy atom. The van der Waals surface area contributed by atoms with Crippen molar-refractivity contribution in [2.24, 2.45) is 0 Å². The lowest BCUT2D eigenvalue weighted by molar-refractivity contribution is -0.114. The Morgan fingerprint density at radius 3 is 2.75 bits per heavy atom. The highest BCUT2D eigenvalue weighted by Crippen LogP contribution is 2.15. The lowest BCUT2D eigenvalue weighted by Crippen LogP contribution is -2.05. The Morgan fingerprint density at radius 1 is 1.67 bits per heavy atom. The molecule has 0 spiro atoms. The fourth-order valence-corrected chi connectivity index (χ4v) is 1.63. The second kappa shape index (κ2) is 3.73. The summed E-state index contributed by atoms with van der Waals surface area (Å²) in [6.07, 6.45) is 0. The number of hydrogen-bond acceptors (Lipinski definition) is 4. The van der Waals surface area contributed by atoms with Crippen LogP contribution in [-0.2, 0) is 4.79 Å². The first-order valence-electron chi connectivity index (χ1n) is 3.33. The van der Waals surface area contributed by atoms with Crippen molar-refractivity contribution < 1.29 is 4.79 Å². The molecular weight excluding hydrogens is 192 g/mol. The largest absolute Gasteiger partial charge is 0.302 e. The number of thiocarbonyl (C=S) groups is 1. The fraction of sp³-hybridized carbons (Fsp3) is 0.286. The first-order valence-corrected chi connectivity index (χ1v) is 4.62. The van der Waals surface area contributed by atoms with Crippen molar-refractivity contribution in [2.45, 2.75) is 13.8 Å². The van der Waals surface area contributed by atoms with Gasteiger partial charge < -0.3 is 5.32 Å². The Balaban J connectivity index is 2.77. The van der Waals surface area contributed by atoms with Crippen LogP contribution >= 0.6 is 23.6 Å². The maximum Gasteiger partial charge on any atom is 0.223 e. The molecule has 0 saturated carbocycles. The Bertz CT molecular complexity index is 319. The van der Waals surface area contributed by atoms with Crippen LogP contribution in [0.5, 0.6) is 0 Å². The number of nitrogens with one attached hydrogen (secondary N) is 1. The number of aromatic nitrogens is 1. The minimum atomic E-state index is -0.113. The van der Waals surface area contributed by atoms with Gasteiger partial charge in [-0.2, -0.15) is 0 Å². The molecule has 1 amide bonds. The molecule has 0 aliphatic rings. The predicted octanol–water partition coefficient (Wildman–Crippen LogP) is 1.84. The van der Waals surface area contributed by atoms with Crippen molar-refractivity contribution in [2.75, 3.05) is 5.32 Å². The van der Waals surface area contributed by atoms with Gasteiger partial charge in [-0.1, -0.05) is 12.2 Å². The minimum Gasteiger partial charge on any atom is -0.302 e. The number of rotatable bonds is 2. The van der Waals surface area contributed by atoms with Gasteiger partial charge in [0.15, 0.2) is 5.13 Å². The molecule has 0 aliphatic heterocycles. The van der Waals surface area contributed by atoms with Crippen LogP contribution in [0.3, 0.4) is 0 Å². The highest BCUT2D eigenvalue weighted by atomic mass is 32.1. The molecular formula is C7H8N2OS2. The zero-order chi connectivity index (χ0) is 9.14. The third kappa shape index (κ3) is 2.35. The van der Waals surface area contributed by atoms with Gasteiger partial charge in [-0.25, -0.2) is 4.98 Å². The molecule has 0 unspecified atom stereocenters. The summed E-state index contributed by atoms with van der Waals surface area (Å²) in [5.41, 5.74) is 0.763. The minimum absolute atomic E-state index is 0.113. The molecule has 1 aromatic rings. The van der Waals surface area contributed by atoms with Gasteiger partial charge in [0.2, 0.25) is 5.91 Å². The van der Waals surface area contributed by atoms with E-state index in [1.54, 1.807) is 0 Å². The van der Waals surface area contributed by atoms with E-state index in [0.29, 0.717) is 5.13 Å².